The molecule has 3 rings (SSSR count). The third-order valence-corrected chi connectivity index (χ3v) is 3.92. The fourth-order valence-electron chi connectivity index (χ4n) is 2.57. The molecule has 3 heteroatoms. The number of hydrogen-bond donors (Lipinski definition) is 0. The minimum Gasteiger partial charge on any atom is -0.365 e. The molecule has 1 fully saturated rings. The van der Waals surface area contributed by atoms with Crippen LogP contribution in [-0.4, -0.2) is 5.78 Å². The fraction of sp³-hybridized carbons (Fsp3) is 0.235. The van der Waals surface area contributed by atoms with Crippen LogP contribution in [0.5, 0.6) is 0 Å². The Labute approximate surface area is 123 Å². The Bertz CT molecular complexity index is 609. The van der Waals surface area contributed by atoms with E-state index in [2.05, 4.69) is 0 Å². The highest BCUT2D eigenvalue weighted by atomic mass is 35.5. The predicted octanol–water partition coefficient (Wildman–Crippen LogP) is 4.50. The van der Waals surface area contributed by atoms with Gasteiger partial charge in [0.05, 0.1) is 12.2 Å². The molecule has 2 nitrogen and oxygen atoms in total. The largest absolute Gasteiger partial charge is 0.365 e. The van der Waals surface area contributed by atoms with Crippen LogP contribution in [0.4, 0.5) is 0 Å². The monoisotopic (exact) mass is 286 g/mol. The molecule has 1 heterocycles. The van der Waals surface area contributed by atoms with Gasteiger partial charge in [0.25, 0.3) is 0 Å². The van der Waals surface area contributed by atoms with Gasteiger partial charge in [-0.25, -0.2) is 0 Å². The molecule has 1 aliphatic heterocycles. The van der Waals surface area contributed by atoms with Crippen LogP contribution in [0.25, 0.3) is 0 Å². The summed E-state index contributed by atoms with van der Waals surface area (Å²) in [5.74, 6) is 0.218. The third kappa shape index (κ3) is 2.77. The van der Waals surface area contributed by atoms with Gasteiger partial charge in [-0.2, -0.15) is 0 Å². The molecule has 2 aromatic carbocycles. The van der Waals surface area contributed by atoms with E-state index in [1.807, 2.05) is 54.6 Å². The van der Waals surface area contributed by atoms with Gasteiger partial charge in [-0.1, -0.05) is 60.1 Å². The van der Waals surface area contributed by atoms with Crippen LogP contribution in [0, 0.1) is 0 Å². The van der Waals surface area contributed by atoms with E-state index in [0.29, 0.717) is 17.9 Å². The topological polar surface area (TPSA) is 26.3 Å². The lowest BCUT2D eigenvalue weighted by Crippen LogP contribution is -2.23. The first-order valence-corrected chi connectivity index (χ1v) is 7.08. The Morgan fingerprint density at radius 2 is 1.55 bits per heavy atom. The molecule has 0 aromatic heterocycles. The number of ketones is 1. The number of halogens is 1. The van der Waals surface area contributed by atoms with E-state index in [-0.39, 0.29) is 18.0 Å². The molecule has 1 aliphatic rings. The molecular formula is C17H15ClO2. The van der Waals surface area contributed by atoms with Gasteiger partial charge in [0.2, 0.25) is 0 Å². The van der Waals surface area contributed by atoms with Crippen molar-refractivity contribution in [3.63, 3.8) is 0 Å². The zero-order valence-corrected chi connectivity index (χ0v) is 11.7. The van der Waals surface area contributed by atoms with Crippen molar-refractivity contribution in [1.29, 1.82) is 0 Å². The summed E-state index contributed by atoms with van der Waals surface area (Å²) in [6.07, 6.45) is 0.395. The van der Waals surface area contributed by atoms with Crippen molar-refractivity contribution in [2.75, 3.05) is 0 Å². The van der Waals surface area contributed by atoms with Crippen molar-refractivity contribution in [2.45, 2.75) is 25.0 Å². The number of ether oxygens (including phenoxy) is 1. The molecule has 0 spiro atoms. The smallest absolute Gasteiger partial charge is 0.138 e. The normalized spacial score (nSPS) is 22.8. The SMILES string of the molecule is O=C1CC(c2ccccc2)OC(c2ccccc2Cl)C1. The summed E-state index contributed by atoms with van der Waals surface area (Å²) >= 11 is 6.21. The van der Waals surface area contributed by atoms with Gasteiger partial charge in [-0.15, -0.1) is 0 Å². The molecule has 2 unspecified atom stereocenters. The molecule has 2 atom stereocenters. The molecule has 2 aromatic rings. The van der Waals surface area contributed by atoms with Crippen molar-refractivity contribution >= 4 is 17.4 Å². The molecule has 0 N–H and O–H groups in total. The van der Waals surface area contributed by atoms with Crippen molar-refractivity contribution < 1.29 is 9.53 Å². The second-order valence-corrected chi connectivity index (χ2v) is 5.40. The quantitative estimate of drug-likeness (QED) is 0.812. The second-order valence-electron chi connectivity index (χ2n) is 4.99. The van der Waals surface area contributed by atoms with E-state index in [9.17, 15) is 4.79 Å². The Hall–Kier alpha value is -1.64. The summed E-state index contributed by atoms with van der Waals surface area (Å²) in [5.41, 5.74) is 1.93. The number of rotatable bonds is 2. The van der Waals surface area contributed by atoms with Gasteiger partial charge >= 0.3 is 0 Å². The van der Waals surface area contributed by atoms with Crippen LogP contribution in [0.1, 0.15) is 36.2 Å². The lowest BCUT2D eigenvalue weighted by atomic mass is 9.94. The van der Waals surface area contributed by atoms with Crippen LogP contribution < -0.4 is 0 Å². The second kappa shape index (κ2) is 5.78. The Balaban J connectivity index is 1.87. The molecule has 1 saturated heterocycles. The highest BCUT2D eigenvalue weighted by Gasteiger charge is 2.30. The standard InChI is InChI=1S/C17H15ClO2/c18-15-9-5-4-8-14(15)17-11-13(19)10-16(20-17)12-6-2-1-3-7-12/h1-9,16-17H,10-11H2. The zero-order valence-electron chi connectivity index (χ0n) is 11.0. The molecule has 0 saturated carbocycles. The fourth-order valence-corrected chi connectivity index (χ4v) is 2.83. The van der Waals surface area contributed by atoms with Crippen molar-refractivity contribution in [3.8, 4) is 0 Å². The minimum absolute atomic E-state index is 0.182. The molecule has 0 bridgehead atoms. The van der Waals surface area contributed by atoms with Crippen molar-refractivity contribution in [3.05, 3.63) is 70.7 Å². The van der Waals surface area contributed by atoms with Crippen LogP contribution in [-0.2, 0) is 9.53 Å². The number of carbonyl (C=O) groups is 1. The zero-order chi connectivity index (χ0) is 13.9. The Morgan fingerprint density at radius 1 is 0.900 bits per heavy atom. The summed E-state index contributed by atoms with van der Waals surface area (Å²) in [4.78, 5) is 12.0. The van der Waals surface area contributed by atoms with Crippen LogP contribution in [0.3, 0.4) is 0 Å². The molecular weight excluding hydrogens is 272 g/mol. The van der Waals surface area contributed by atoms with Crippen molar-refractivity contribution in [2.24, 2.45) is 0 Å². The summed E-state index contributed by atoms with van der Waals surface area (Å²) in [6, 6.07) is 17.4. The number of carbonyl (C=O) groups excluding carboxylic acids is 1. The number of hydrogen-bond acceptors (Lipinski definition) is 2. The summed E-state index contributed by atoms with van der Waals surface area (Å²) in [6.45, 7) is 0. The average Bonchev–Trinajstić information content (AvgIpc) is 2.48. The van der Waals surface area contributed by atoms with Crippen LogP contribution >= 0.6 is 11.6 Å². The number of Topliss-reactive ketones (excluding diaryl/α,β-unsaturated/α-hetero) is 1. The summed E-state index contributed by atoms with van der Waals surface area (Å²) < 4.78 is 6.10. The first-order valence-electron chi connectivity index (χ1n) is 6.70. The lowest BCUT2D eigenvalue weighted by Gasteiger charge is -2.30. The Kier molecular flexibility index (Phi) is 3.86. The van der Waals surface area contributed by atoms with Gasteiger partial charge in [0, 0.05) is 17.9 Å². The summed E-state index contributed by atoms with van der Waals surface area (Å²) in [5, 5.41) is 0.652. The highest BCUT2D eigenvalue weighted by molar-refractivity contribution is 6.31. The van der Waals surface area contributed by atoms with E-state index in [1.165, 1.54) is 0 Å². The van der Waals surface area contributed by atoms with E-state index in [1.54, 1.807) is 0 Å². The number of benzene rings is 2. The minimum atomic E-state index is -0.254. The van der Waals surface area contributed by atoms with Crippen LogP contribution in [0.2, 0.25) is 5.02 Å². The van der Waals surface area contributed by atoms with E-state index < -0.39 is 0 Å². The Morgan fingerprint density at radius 3 is 2.30 bits per heavy atom. The molecule has 0 aliphatic carbocycles. The molecule has 20 heavy (non-hydrogen) atoms. The molecule has 0 amide bonds. The van der Waals surface area contributed by atoms with E-state index in [0.717, 1.165) is 11.1 Å². The maximum Gasteiger partial charge on any atom is 0.138 e. The van der Waals surface area contributed by atoms with Crippen LogP contribution in [0.15, 0.2) is 54.6 Å². The van der Waals surface area contributed by atoms with E-state index >= 15 is 0 Å². The molecule has 102 valence electrons. The maximum atomic E-state index is 12.0. The predicted molar refractivity (Wildman–Crippen MR) is 78.7 cm³/mol. The van der Waals surface area contributed by atoms with Gasteiger partial charge in [-0.3, -0.25) is 4.79 Å². The van der Waals surface area contributed by atoms with Gasteiger partial charge in [0.15, 0.2) is 0 Å². The molecule has 0 radical (unpaired) electrons. The van der Waals surface area contributed by atoms with E-state index in [4.69, 9.17) is 16.3 Å². The van der Waals surface area contributed by atoms with Gasteiger partial charge in [-0.05, 0) is 17.2 Å². The van der Waals surface area contributed by atoms with Gasteiger partial charge in [0.1, 0.15) is 5.78 Å². The highest BCUT2D eigenvalue weighted by Crippen LogP contribution is 2.38. The van der Waals surface area contributed by atoms with Gasteiger partial charge < -0.3 is 4.74 Å². The lowest BCUT2D eigenvalue weighted by molar-refractivity contribution is -0.136. The van der Waals surface area contributed by atoms with Crippen molar-refractivity contribution in [1.82, 2.24) is 0 Å². The maximum absolute atomic E-state index is 12.0. The summed E-state index contributed by atoms with van der Waals surface area (Å²) in [7, 11) is 0. The first kappa shape index (κ1) is 13.3. The average molecular weight is 287 g/mol. The first-order chi connectivity index (χ1) is 9.74. The third-order valence-electron chi connectivity index (χ3n) is 3.58.